The molecule has 0 bridgehead atoms. The van der Waals surface area contributed by atoms with Crippen LogP contribution in [0.25, 0.3) is 0 Å². The van der Waals surface area contributed by atoms with Gasteiger partial charge in [0, 0.05) is 0 Å². The summed E-state index contributed by atoms with van der Waals surface area (Å²) in [6.07, 6.45) is 11.1. The van der Waals surface area contributed by atoms with Gasteiger partial charge in [-0.05, 0) is 42.4 Å². The molecule has 0 aromatic carbocycles. The zero-order valence-electron chi connectivity index (χ0n) is 10.6. The molecule has 0 nitrogen and oxygen atoms in total. The summed E-state index contributed by atoms with van der Waals surface area (Å²) in [4.78, 5) is 0. The van der Waals surface area contributed by atoms with Crippen LogP contribution in [0.5, 0.6) is 0 Å². The molecule has 2 aliphatic rings. The van der Waals surface area contributed by atoms with Crippen molar-refractivity contribution in [3.8, 4) is 0 Å². The summed E-state index contributed by atoms with van der Waals surface area (Å²) in [5.41, 5.74) is 2.14. The molecule has 0 spiro atoms. The van der Waals surface area contributed by atoms with Gasteiger partial charge in [0.2, 0.25) is 0 Å². The molecule has 0 heterocycles. The molecule has 2 rings (SSSR count). The number of allylic oxidation sites excluding steroid dienone is 4. The smallest absolute Gasteiger partial charge is 0.0108 e. The lowest BCUT2D eigenvalue weighted by atomic mass is 9.57. The minimum atomic E-state index is 0.418. The van der Waals surface area contributed by atoms with Crippen LogP contribution in [0.15, 0.2) is 23.8 Å². The summed E-state index contributed by atoms with van der Waals surface area (Å²) in [5, 5.41) is 0. The van der Waals surface area contributed by atoms with E-state index in [9.17, 15) is 0 Å². The highest BCUT2D eigenvalue weighted by Crippen LogP contribution is 2.52. The Bertz CT molecular complexity index is 291. The van der Waals surface area contributed by atoms with E-state index in [4.69, 9.17) is 0 Å². The van der Waals surface area contributed by atoms with Crippen LogP contribution in [0.4, 0.5) is 0 Å². The second-order valence-corrected chi connectivity index (χ2v) is 6.13. The molecule has 84 valence electrons. The van der Waals surface area contributed by atoms with Crippen molar-refractivity contribution >= 4 is 0 Å². The molecule has 1 fully saturated rings. The molecule has 0 aromatic heterocycles. The van der Waals surface area contributed by atoms with Gasteiger partial charge in [0.05, 0.1) is 0 Å². The van der Waals surface area contributed by atoms with Gasteiger partial charge in [0.1, 0.15) is 0 Å². The zero-order chi connectivity index (χ0) is 11.1. The second-order valence-electron chi connectivity index (χ2n) is 6.13. The summed E-state index contributed by atoms with van der Waals surface area (Å²) < 4.78 is 0. The first-order valence-corrected chi connectivity index (χ1v) is 6.40. The Morgan fingerprint density at radius 2 is 2.00 bits per heavy atom. The van der Waals surface area contributed by atoms with Gasteiger partial charge < -0.3 is 0 Å². The van der Waals surface area contributed by atoms with E-state index < -0.39 is 0 Å². The Kier molecular flexibility index (Phi) is 2.79. The predicted octanol–water partition coefficient (Wildman–Crippen LogP) is 4.58. The molecule has 2 aliphatic carbocycles. The normalized spacial score (nSPS) is 33.8. The zero-order valence-corrected chi connectivity index (χ0v) is 10.6. The Morgan fingerprint density at radius 1 is 1.27 bits per heavy atom. The van der Waals surface area contributed by atoms with Gasteiger partial charge in [0.25, 0.3) is 0 Å². The van der Waals surface area contributed by atoms with Crippen molar-refractivity contribution in [1.29, 1.82) is 0 Å². The van der Waals surface area contributed by atoms with Crippen LogP contribution in [-0.4, -0.2) is 0 Å². The average molecular weight is 204 g/mol. The first-order valence-electron chi connectivity index (χ1n) is 6.40. The van der Waals surface area contributed by atoms with Gasteiger partial charge in [0.15, 0.2) is 0 Å². The van der Waals surface area contributed by atoms with Crippen LogP contribution in [0, 0.1) is 23.2 Å². The minimum Gasteiger partial charge on any atom is -0.0839 e. The van der Waals surface area contributed by atoms with Crippen molar-refractivity contribution < 1.29 is 0 Å². The fraction of sp³-hybridized carbons (Fsp3) is 0.733. The van der Waals surface area contributed by atoms with E-state index in [-0.39, 0.29) is 0 Å². The third kappa shape index (κ3) is 1.79. The number of hydrogen-bond acceptors (Lipinski definition) is 0. The Labute approximate surface area is 94.5 Å². The van der Waals surface area contributed by atoms with E-state index in [1.54, 1.807) is 5.57 Å². The highest BCUT2D eigenvalue weighted by molar-refractivity contribution is 5.28. The van der Waals surface area contributed by atoms with Crippen LogP contribution in [0.2, 0.25) is 0 Å². The highest BCUT2D eigenvalue weighted by atomic mass is 14.5. The van der Waals surface area contributed by atoms with Crippen LogP contribution in [-0.2, 0) is 0 Å². The average Bonchev–Trinajstić information content (AvgIpc) is 2.17. The van der Waals surface area contributed by atoms with Gasteiger partial charge in [-0.15, -0.1) is 0 Å². The van der Waals surface area contributed by atoms with E-state index in [1.807, 2.05) is 0 Å². The quantitative estimate of drug-likeness (QED) is 0.586. The molecule has 1 saturated carbocycles. The van der Waals surface area contributed by atoms with Gasteiger partial charge >= 0.3 is 0 Å². The lowest BCUT2D eigenvalue weighted by molar-refractivity contribution is 0.125. The van der Waals surface area contributed by atoms with Crippen LogP contribution in [0.3, 0.4) is 0 Å². The maximum Gasteiger partial charge on any atom is -0.0108 e. The second kappa shape index (κ2) is 3.81. The highest BCUT2D eigenvalue weighted by Gasteiger charge is 2.41. The molecule has 0 aromatic rings. The van der Waals surface area contributed by atoms with Crippen LogP contribution >= 0.6 is 0 Å². The van der Waals surface area contributed by atoms with Crippen molar-refractivity contribution in [2.24, 2.45) is 23.2 Å². The van der Waals surface area contributed by atoms with E-state index in [2.05, 4.69) is 45.9 Å². The lowest BCUT2D eigenvalue weighted by Crippen LogP contribution is -2.38. The van der Waals surface area contributed by atoms with Gasteiger partial charge in [-0.2, -0.15) is 0 Å². The third-order valence-electron chi connectivity index (χ3n) is 4.57. The molecule has 0 amide bonds. The topological polar surface area (TPSA) is 0 Å². The molecule has 15 heavy (non-hydrogen) atoms. The molecular weight excluding hydrogens is 180 g/mol. The van der Waals surface area contributed by atoms with Crippen molar-refractivity contribution in [2.45, 2.75) is 47.0 Å². The molecule has 0 aliphatic heterocycles. The fourth-order valence-corrected chi connectivity index (χ4v) is 3.81. The molecule has 2 atom stereocenters. The summed E-state index contributed by atoms with van der Waals surface area (Å²) in [7, 11) is 0. The van der Waals surface area contributed by atoms with Crippen molar-refractivity contribution in [3.63, 3.8) is 0 Å². The van der Waals surface area contributed by atoms with Gasteiger partial charge in [-0.1, -0.05) is 51.5 Å². The maximum absolute atomic E-state index is 2.45. The van der Waals surface area contributed by atoms with E-state index in [1.165, 1.54) is 19.3 Å². The predicted molar refractivity (Wildman–Crippen MR) is 66.7 cm³/mol. The summed E-state index contributed by atoms with van der Waals surface area (Å²) >= 11 is 0. The molecule has 0 heteroatoms. The summed E-state index contributed by atoms with van der Waals surface area (Å²) in [6, 6.07) is 0. The van der Waals surface area contributed by atoms with E-state index in [0.29, 0.717) is 5.41 Å². The van der Waals surface area contributed by atoms with Gasteiger partial charge in [-0.25, -0.2) is 0 Å². The van der Waals surface area contributed by atoms with Crippen molar-refractivity contribution in [2.75, 3.05) is 0 Å². The Morgan fingerprint density at radius 3 is 2.67 bits per heavy atom. The Hall–Kier alpha value is -0.520. The molecule has 0 radical (unpaired) electrons. The first kappa shape index (κ1) is 11.0. The summed E-state index contributed by atoms with van der Waals surface area (Å²) in [6.45, 7) is 9.67. The Balaban J connectivity index is 2.30. The standard InChI is InChI=1S/C15H24/c1-11(2)13-10-9-12-7-5-6-8-14(12)15(13,3)4/h5-6,8,11-13H,7,9-10H2,1-4H3. The van der Waals surface area contributed by atoms with E-state index >= 15 is 0 Å². The van der Waals surface area contributed by atoms with Crippen LogP contribution < -0.4 is 0 Å². The SMILES string of the molecule is CC(C)C1CCC2CC=CC=C2C1(C)C. The number of fused-ring (bicyclic) bond motifs is 1. The summed E-state index contributed by atoms with van der Waals surface area (Å²) in [5.74, 6) is 2.53. The minimum absolute atomic E-state index is 0.418. The third-order valence-corrected chi connectivity index (χ3v) is 4.57. The first-order chi connectivity index (χ1) is 7.03. The van der Waals surface area contributed by atoms with Crippen LogP contribution in [0.1, 0.15) is 47.0 Å². The van der Waals surface area contributed by atoms with Crippen molar-refractivity contribution in [1.82, 2.24) is 0 Å². The van der Waals surface area contributed by atoms with E-state index in [0.717, 1.165) is 17.8 Å². The largest absolute Gasteiger partial charge is 0.0839 e. The monoisotopic (exact) mass is 204 g/mol. The van der Waals surface area contributed by atoms with Crippen molar-refractivity contribution in [3.05, 3.63) is 23.8 Å². The molecule has 0 saturated heterocycles. The maximum atomic E-state index is 2.45. The lowest BCUT2D eigenvalue weighted by Gasteiger charge is -2.47. The molecular formula is C15H24. The number of hydrogen-bond donors (Lipinski definition) is 0. The molecule has 0 N–H and O–H groups in total. The number of rotatable bonds is 1. The fourth-order valence-electron chi connectivity index (χ4n) is 3.81. The van der Waals surface area contributed by atoms with Gasteiger partial charge in [-0.3, -0.25) is 0 Å². The molecule has 2 unspecified atom stereocenters.